The number of halogens is 1. The molecule has 0 spiro atoms. The minimum absolute atomic E-state index is 0.0134. The molecule has 128 valence electrons. The zero-order valence-corrected chi connectivity index (χ0v) is 14.9. The average Bonchev–Trinajstić information content (AvgIpc) is 2.59. The lowest BCUT2D eigenvalue weighted by atomic mass is 9.89. The van der Waals surface area contributed by atoms with Crippen LogP contribution in [-0.2, 0) is 20.8 Å². The molecule has 1 aromatic carbocycles. The lowest BCUT2D eigenvalue weighted by Crippen LogP contribution is -2.78. The Kier molecular flexibility index (Phi) is 4.58. The van der Waals surface area contributed by atoms with Crippen LogP contribution >= 0.6 is 15.9 Å². The van der Waals surface area contributed by atoms with E-state index in [9.17, 15) is 24.0 Å². The number of carbonyl (C=O) groups is 3. The molecular formula is C15H15BrN2O5S. The van der Waals surface area contributed by atoms with Crippen LogP contribution in [0.2, 0.25) is 0 Å². The maximum Gasteiger partial charge on any atom is 0.317 e. The van der Waals surface area contributed by atoms with Crippen molar-refractivity contribution in [1.82, 2.24) is 10.2 Å². The molecule has 0 aromatic heterocycles. The number of alkyl halides is 1. The molecule has 0 bridgehead atoms. The number of β-lactam (4-membered cyclic amide) rings is 1. The third kappa shape index (κ3) is 2.70. The Morgan fingerprint density at radius 2 is 2.08 bits per heavy atom. The lowest BCUT2D eigenvalue weighted by molar-refractivity contribution is -0.156. The van der Waals surface area contributed by atoms with Gasteiger partial charge < -0.3 is 15.0 Å². The van der Waals surface area contributed by atoms with Crippen molar-refractivity contribution in [2.24, 2.45) is 5.41 Å². The number of amides is 2. The van der Waals surface area contributed by atoms with Gasteiger partial charge in [0.15, 0.2) is 6.04 Å². The van der Waals surface area contributed by atoms with Gasteiger partial charge in [-0.25, -0.2) is 0 Å². The number of carboxylic acids is 1. The summed E-state index contributed by atoms with van der Waals surface area (Å²) in [7, 11) is 0. The third-order valence-electron chi connectivity index (χ3n) is 4.33. The van der Waals surface area contributed by atoms with E-state index in [2.05, 4.69) is 21.2 Å². The molecule has 2 aliphatic heterocycles. The maximum absolute atomic E-state index is 12.5. The summed E-state index contributed by atoms with van der Waals surface area (Å²) in [6.07, 6.45) is 0. The standard InChI is InChI=1S/C15H15BrN2O5S/c16-6-15(14(21)22)7-18-12(20)10(13(18)24(23)8-15)17-11(19)9-4-2-1-3-5-9/h1-5,10,13H,6-8H2,(H,17,19)(H,21,22)/t10?,13-,15?,24?/m1/s1. The average molecular weight is 415 g/mol. The molecule has 4 atom stereocenters. The number of rotatable bonds is 4. The summed E-state index contributed by atoms with van der Waals surface area (Å²) < 4.78 is 12.5. The maximum atomic E-state index is 12.5. The SMILES string of the molecule is O=C(NC1C(=O)N2CC(CBr)(C(=O)O)C[S+]([O-])[C@H]12)c1ccccc1. The van der Waals surface area contributed by atoms with Crippen LogP contribution in [0.3, 0.4) is 0 Å². The summed E-state index contributed by atoms with van der Waals surface area (Å²) in [5.41, 5.74) is -0.850. The first-order chi connectivity index (χ1) is 11.4. The van der Waals surface area contributed by atoms with E-state index in [0.29, 0.717) is 5.56 Å². The van der Waals surface area contributed by atoms with Crippen molar-refractivity contribution < 1.29 is 24.0 Å². The number of benzene rings is 1. The van der Waals surface area contributed by atoms with Gasteiger partial charge in [0, 0.05) is 17.4 Å². The van der Waals surface area contributed by atoms with E-state index in [4.69, 9.17) is 0 Å². The van der Waals surface area contributed by atoms with Gasteiger partial charge in [-0.2, -0.15) is 0 Å². The highest BCUT2D eigenvalue weighted by atomic mass is 79.9. The minimum atomic E-state index is -1.56. The second kappa shape index (κ2) is 6.38. The summed E-state index contributed by atoms with van der Waals surface area (Å²) in [5, 5.41) is 11.5. The molecule has 1 aromatic rings. The van der Waals surface area contributed by atoms with Crippen LogP contribution in [-0.4, -0.2) is 61.4 Å². The van der Waals surface area contributed by atoms with Crippen LogP contribution in [0.1, 0.15) is 10.4 Å². The van der Waals surface area contributed by atoms with Gasteiger partial charge in [0.05, 0.1) is 0 Å². The quantitative estimate of drug-likeness (QED) is 0.414. The van der Waals surface area contributed by atoms with Gasteiger partial charge in [0.2, 0.25) is 5.37 Å². The Balaban J connectivity index is 1.74. The van der Waals surface area contributed by atoms with E-state index in [0.717, 1.165) is 0 Å². The molecule has 24 heavy (non-hydrogen) atoms. The van der Waals surface area contributed by atoms with Crippen molar-refractivity contribution >= 4 is 44.9 Å². The number of nitrogens with zero attached hydrogens (tertiary/aromatic N) is 1. The summed E-state index contributed by atoms with van der Waals surface area (Å²) >= 11 is 1.59. The van der Waals surface area contributed by atoms with Gasteiger partial charge >= 0.3 is 5.97 Å². The van der Waals surface area contributed by atoms with Crippen LogP contribution in [0.5, 0.6) is 0 Å². The fourth-order valence-corrected chi connectivity index (χ4v) is 5.79. The Bertz CT molecular complexity index is 688. The molecule has 2 amide bonds. The molecule has 3 rings (SSSR count). The summed E-state index contributed by atoms with van der Waals surface area (Å²) in [5.74, 6) is -1.96. The fourth-order valence-electron chi connectivity index (χ4n) is 2.93. The fraction of sp³-hybridized carbons (Fsp3) is 0.400. The largest absolute Gasteiger partial charge is 0.615 e. The second-order valence-corrected chi connectivity index (χ2v) is 8.01. The van der Waals surface area contributed by atoms with Crippen LogP contribution in [0, 0.1) is 5.41 Å². The van der Waals surface area contributed by atoms with Crippen molar-refractivity contribution in [1.29, 1.82) is 0 Å². The van der Waals surface area contributed by atoms with Gasteiger partial charge in [0.1, 0.15) is 11.2 Å². The zero-order chi connectivity index (χ0) is 17.5. The topological polar surface area (TPSA) is 110 Å². The van der Waals surface area contributed by atoms with Crippen LogP contribution < -0.4 is 5.32 Å². The van der Waals surface area contributed by atoms with Crippen LogP contribution in [0.15, 0.2) is 30.3 Å². The van der Waals surface area contributed by atoms with Crippen LogP contribution in [0.25, 0.3) is 0 Å². The van der Waals surface area contributed by atoms with Gasteiger partial charge in [-0.05, 0) is 23.3 Å². The molecule has 0 aliphatic carbocycles. The first kappa shape index (κ1) is 17.2. The zero-order valence-electron chi connectivity index (χ0n) is 12.5. The molecule has 2 N–H and O–H groups in total. The van der Waals surface area contributed by atoms with E-state index >= 15 is 0 Å². The summed E-state index contributed by atoms with van der Waals surface area (Å²) in [6.45, 7) is -0.0134. The lowest BCUT2D eigenvalue weighted by Gasteiger charge is -2.53. The Morgan fingerprint density at radius 3 is 2.67 bits per heavy atom. The normalized spacial score (nSPS) is 31.8. The monoisotopic (exact) mass is 414 g/mol. The number of fused-ring (bicyclic) bond motifs is 1. The number of aliphatic carboxylic acids is 1. The van der Waals surface area contributed by atoms with E-state index in [-0.39, 0.29) is 17.6 Å². The number of carboxylic acid groups (broad SMARTS) is 1. The molecule has 0 saturated carbocycles. The molecule has 0 radical (unpaired) electrons. The number of nitrogens with one attached hydrogen (secondary N) is 1. The van der Waals surface area contributed by atoms with Gasteiger partial charge in [-0.3, -0.25) is 19.3 Å². The Morgan fingerprint density at radius 1 is 1.42 bits per heavy atom. The predicted molar refractivity (Wildman–Crippen MR) is 90.1 cm³/mol. The van der Waals surface area contributed by atoms with Gasteiger partial charge in [-0.15, -0.1) is 0 Å². The number of carbonyl (C=O) groups excluding carboxylic acids is 2. The van der Waals surface area contributed by atoms with Crippen molar-refractivity contribution in [3.05, 3.63) is 35.9 Å². The first-order valence-corrected chi connectivity index (χ1v) is 9.73. The first-order valence-electron chi connectivity index (χ1n) is 7.22. The van der Waals surface area contributed by atoms with E-state index < -0.39 is 45.8 Å². The van der Waals surface area contributed by atoms with Crippen molar-refractivity contribution in [2.45, 2.75) is 11.4 Å². The predicted octanol–water partition coefficient (Wildman–Crippen LogP) is 0.182. The highest BCUT2D eigenvalue weighted by molar-refractivity contribution is 9.09. The molecule has 2 fully saturated rings. The second-order valence-electron chi connectivity index (χ2n) is 5.92. The smallest absolute Gasteiger partial charge is 0.317 e. The van der Waals surface area contributed by atoms with E-state index in [1.54, 1.807) is 30.3 Å². The molecule has 2 aliphatic rings. The van der Waals surface area contributed by atoms with Crippen molar-refractivity contribution in [3.8, 4) is 0 Å². The summed E-state index contributed by atoms with van der Waals surface area (Å²) in [6, 6.07) is 7.55. The van der Waals surface area contributed by atoms with Crippen molar-refractivity contribution in [3.63, 3.8) is 0 Å². The molecular weight excluding hydrogens is 400 g/mol. The summed E-state index contributed by atoms with van der Waals surface area (Å²) in [4.78, 5) is 37.3. The highest BCUT2D eigenvalue weighted by Gasteiger charge is 2.64. The highest BCUT2D eigenvalue weighted by Crippen LogP contribution is 2.39. The van der Waals surface area contributed by atoms with Crippen LogP contribution in [0.4, 0.5) is 0 Å². The number of hydrogen-bond acceptors (Lipinski definition) is 4. The number of hydrogen-bond donors (Lipinski definition) is 2. The van der Waals surface area contributed by atoms with Gasteiger partial charge in [-0.1, -0.05) is 34.1 Å². The molecule has 2 saturated heterocycles. The molecule has 9 heteroatoms. The minimum Gasteiger partial charge on any atom is -0.615 e. The van der Waals surface area contributed by atoms with E-state index in [1.807, 2.05) is 0 Å². The molecule has 7 nitrogen and oxygen atoms in total. The van der Waals surface area contributed by atoms with Gasteiger partial charge in [0.25, 0.3) is 11.8 Å². The van der Waals surface area contributed by atoms with Crippen molar-refractivity contribution in [2.75, 3.05) is 17.6 Å². The third-order valence-corrected chi connectivity index (χ3v) is 7.31. The van der Waals surface area contributed by atoms with E-state index in [1.165, 1.54) is 4.90 Å². The molecule has 3 unspecified atom stereocenters. The Labute approximate surface area is 149 Å². The Hall–Kier alpha value is -1.58. The molecule has 2 heterocycles.